The average molecular weight is 378 g/mol. The third-order valence-corrected chi connectivity index (χ3v) is 5.68. The van der Waals surface area contributed by atoms with Crippen LogP contribution >= 0.6 is 0 Å². The van der Waals surface area contributed by atoms with Crippen LogP contribution in [-0.4, -0.2) is 17.2 Å². The summed E-state index contributed by atoms with van der Waals surface area (Å²) in [4.78, 5) is 0. The molecular formula is C26H23BO2. The van der Waals surface area contributed by atoms with Crippen molar-refractivity contribution in [3.63, 3.8) is 0 Å². The lowest BCUT2D eigenvalue weighted by Crippen LogP contribution is -2.34. The Bertz CT molecular complexity index is 1060. The number of fused-ring (bicyclic) bond motifs is 1. The molecule has 0 fully saturated rings. The van der Waals surface area contributed by atoms with Crippen LogP contribution in [0.1, 0.15) is 29.2 Å². The van der Waals surface area contributed by atoms with Gasteiger partial charge in [-0.15, -0.1) is 0 Å². The molecule has 29 heavy (non-hydrogen) atoms. The van der Waals surface area contributed by atoms with Gasteiger partial charge in [-0.2, -0.15) is 0 Å². The zero-order valence-electron chi connectivity index (χ0n) is 16.4. The molecule has 142 valence electrons. The van der Waals surface area contributed by atoms with Crippen LogP contribution in [0.25, 0.3) is 5.57 Å². The quantitative estimate of drug-likeness (QED) is 0.653. The van der Waals surface area contributed by atoms with Gasteiger partial charge in [0, 0.05) is 0 Å². The summed E-state index contributed by atoms with van der Waals surface area (Å²) in [5, 5.41) is 19.7. The van der Waals surface area contributed by atoms with E-state index >= 15 is 0 Å². The van der Waals surface area contributed by atoms with Crippen molar-refractivity contribution in [2.24, 2.45) is 0 Å². The molecule has 0 spiro atoms. The van der Waals surface area contributed by atoms with E-state index in [1.807, 2.05) is 67.6 Å². The summed E-state index contributed by atoms with van der Waals surface area (Å²) in [6.07, 6.45) is 6.08. The fraction of sp³-hybridized carbons (Fsp3) is 0.0769. The van der Waals surface area contributed by atoms with Gasteiger partial charge in [-0.05, 0) is 45.8 Å². The van der Waals surface area contributed by atoms with Gasteiger partial charge < -0.3 is 10.0 Å². The molecule has 0 saturated carbocycles. The Morgan fingerprint density at radius 2 is 1.45 bits per heavy atom. The van der Waals surface area contributed by atoms with Gasteiger partial charge in [0.2, 0.25) is 0 Å². The van der Waals surface area contributed by atoms with Gasteiger partial charge in [0.1, 0.15) is 0 Å². The molecule has 3 heteroatoms. The van der Waals surface area contributed by atoms with Crippen LogP contribution in [0.2, 0.25) is 0 Å². The highest BCUT2D eigenvalue weighted by molar-refractivity contribution is 6.58. The van der Waals surface area contributed by atoms with Crippen LogP contribution < -0.4 is 5.46 Å². The molecule has 0 saturated heterocycles. The summed E-state index contributed by atoms with van der Waals surface area (Å²) in [5.74, 6) is 0. The van der Waals surface area contributed by atoms with Gasteiger partial charge in [-0.1, -0.05) is 104 Å². The van der Waals surface area contributed by atoms with Crippen molar-refractivity contribution >= 4 is 18.2 Å². The van der Waals surface area contributed by atoms with Crippen LogP contribution in [0, 0.1) is 0 Å². The molecule has 0 bridgehead atoms. The minimum absolute atomic E-state index is 0.477. The molecule has 0 aliphatic heterocycles. The second-order valence-electron chi connectivity index (χ2n) is 7.19. The van der Waals surface area contributed by atoms with Crippen LogP contribution in [0.3, 0.4) is 0 Å². The van der Waals surface area contributed by atoms with Gasteiger partial charge >= 0.3 is 7.12 Å². The second-order valence-corrected chi connectivity index (χ2v) is 7.19. The maximum atomic E-state index is 9.87. The van der Waals surface area contributed by atoms with E-state index in [0.717, 1.165) is 33.4 Å². The number of rotatable bonds is 5. The fourth-order valence-corrected chi connectivity index (χ4v) is 4.53. The highest BCUT2D eigenvalue weighted by Crippen LogP contribution is 2.54. The fourth-order valence-electron chi connectivity index (χ4n) is 4.53. The summed E-state index contributed by atoms with van der Waals surface area (Å²) in [6, 6.07) is 26.4. The van der Waals surface area contributed by atoms with Gasteiger partial charge in [-0.3, -0.25) is 0 Å². The Morgan fingerprint density at radius 3 is 1.93 bits per heavy atom. The molecule has 1 aliphatic rings. The Balaban J connectivity index is 2.19. The molecule has 3 aromatic rings. The molecule has 2 N–H and O–H groups in total. The van der Waals surface area contributed by atoms with Crippen molar-refractivity contribution in [2.45, 2.75) is 12.3 Å². The maximum absolute atomic E-state index is 9.87. The zero-order valence-corrected chi connectivity index (χ0v) is 16.4. The second kappa shape index (κ2) is 7.71. The lowest BCUT2D eigenvalue weighted by atomic mass is 9.65. The Morgan fingerprint density at radius 1 is 0.862 bits per heavy atom. The molecule has 0 radical (unpaired) electrons. The lowest BCUT2D eigenvalue weighted by molar-refractivity contribution is 0.425. The molecule has 0 amide bonds. The predicted octanol–water partition coefficient (Wildman–Crippen LogP) is 4.23. The molecule has 0 atom stereocenters. The molecule has 2 nitrogen and oxygen atoms in total. The van der Waals surface area contributed by atoms with Crippen molar-refractivity contribution in [2.75, 3.05) is 0 Å². The third-order valence-electron chi connectivity index (χ3n) is 5.68. The first-order chi connectivity index (χ1) is 14.1. The van der Waals surface area contributed by atoms with Crippen LogP contribution in [0.15, 0.2) is 109 Å². The first-order valence-corrected chi connectivity index (χ1v) is 9.76. The van der Waals surface area contributed by atoms with Crippen molar-refractivity contribution in [3.05, 3.63) is 131 Å². The van der Waals surface area contributed by atoms with E-state index in [1.165, 1.54) is 0 Å². The van der Waals surface area contributed by atoms with Gasteiger partial charge in [0.05, 0.1) is 5.41 Å². The normalized spacial score (nSPS) is 14.9. The molecule has 3 aromatic carbocycles. The number of hydrogen-bond donors (Lipinski definition) is 2. The number of benzene rings is 3. The average Bonchev–Trinajstić information content (AvgIpc) is 3.05. The SMILES string of the molecule is C=CC1=C(/C=C\C)c2ccc(B(O)O)cc2C1(c1ccccc1)c1ccccc1. The molecule has 4 rings (SSSR count). The van der Waals surface area contributed by atoms with Crippen molar-refractivity contribution in [1.82, 2.24) is 0 Å². The van der Waals surface area contributed by atoms with Crippen LogP contribution in [0.5, 0.6) is 0 Å². The standard InChI is InChI=1S/C26H23BO2/c1-3-11-22-23-17-16-21(27(28)29)18-25(23)26(24(22)4-2,19-12-7-5-8-13-19)20-14-9-6-10-15-20/h3-18,28-29H,2H2,1H3/b11-3-. The molecular weight excluding hydrogens is 355 g/mol. The van der Waals surface area contributed by atoms with Crippen molar-refractivity contribution in [3.8, 4) is 0 Å². The monoisotopic (exact) mass is 378 g/mol. The summed E-state index contributed by atoms with van der Waals surface area (Å²) in [6.45, 7) is 6.18. The van der Waals surface area contributed by atoms with Gasteiger partial charge in [0.25, 0.3) is 0 Å². The third kappa shape index (κ3) is 2.91. The predicted molar refractivity (Wildman–Crippen MR) is 121 cm³/mol. The van der Waals surface area contributed by atoms with E-state index in [0.29, 0.717) is 5.46 Å². The number of allylic oxidation sites excluding steroid dienone is 5. The summed E-state index contributed by atoms with van der Waals surface area (Å²) < 4.78 is 0. The van der Waals surface area contributed by atoms with E-state index in [2.05, 4.69) is 36.9 Å². The topological polar surface area (TPSA) is 40.5 Å². The first-order valence-electron chi connectivity index (χ1n) is 9.76. The van der Waals surface area contributed by atoms with Crippen molar-refractivity contribution in [1.29, 1.82) is 0 Å². The Hall–Kier alpha value is -3.14. The lowest BCUT2D eigenvalue weighted by Gasteiger charge is -2.35. The minimum Gasteiger partial charge on any atom is -0.423 e. The highest BCUT2D eigenvalue weighted by atomic mass is 16.4. The van der Waals surface area contributed by atoms with E-state index < -0.39 is 12.5 Å². The Kier molecular flexibility index (Phi) is 5.10. The van der Waals surface area contributed by atoms with E-state index in [9.17, 15) is 10.0 Å². The smallest absolute Gasteiger partial charge is 0.423 e. The van der Waals surface area contributed by atoms with Gasteiger partial charge in [0.15, 0.2) is 0 Å². The summed E-state index contributed by atoms with van der Waals surface area (Å²) >= 11 is 0. The zero-order chi connectivity index (χ0) is 20.4. The van der Waals surface area contributed by atoms with E-state index in [-0.39, 0.29) is 0 Å². The molecule has 0 unspecified atom stereocenters. The molecule has 1 aliphatic carbocycles. The minimum atomic E-state index is -1.53. The largest absolute Gasteiger partial charge is 0.488 e. The highest BCUT2D eigenvalue weighted by Gasteiger charge is 2.46. The summed E-state index contributed by atoms with van der Waals surface area (Å²) in [7, 11) is -1.53. The van der Waals surface area contributed by atoms with E-state index in [1.54, 1.807) is 6.07 Å². The van der Waals surface area contributed by atoms with Crippen LogP contribution in [-0.2, 0) is 5.41 Å². The van der Waals surface area contributed by atoms with Gasteiger partial charge in [-0.25, -0.2) is 0 Å². The van der Waals surface area contributed by atoms with E-state index in [4.69, 9.17) is 0 Å². The maximum Gasteiger partial charge on any atom is 0.488 e. The van der Waals surface area contributed by atoms with Crippen molar-refractivity contribution < 1.29 is 10.0 Å². The molecule has 0 aromatic heterocycles. The Labute approximate surface area is 172 Å². The number of hydrogen-bond acceptors (Lipinski definition) is 2. The summed E-state index contributed by atoms with van der Waals surface area (Å²) in [5.41, 5.74) is 6.43. The molecule has 0 heterocycles. The van der Waals surface area contributed by atoms with Crippen LogP contribution in [0.4, 0.5) is 0 Å². The first kappa shape index (κ1) is 19.2.